The number of hydrogen-bond donors (Lipinski definition) is 1. The molecule has 0 unspecified atom stereocenters. The highest BCUT2D eigenvalue weighted by Gasteiger charge is 2.41. The van der Waals surface area contributed by atoms with Gasteiger partial charge in [0.05, 0.1) is 27.0 Å². The van der Waals surface area contributed by atoms with Crippen molar-refractivity contribution in [2.24, 2.45) is 0 Å². The molecule has 0 aliphatic carbocycles. The Morgan fingerprint density at radius 1 is 0.889 bits per heavy atom. The zero-order valence-corrected chi connectivity index (χ0v) is 20.6. The summed E-state index contributed by atoms with van der Waals surface area (Å²) in [7, 11) is 4.89. The first-order valence-corrected chi connectivity index (χ1v) is 11.7. The predicted octanol–water partition coefficient (Wildman–Crippen LogP) is 5.52. The lowest BCUT2D eigenvalue weighted by Gasteiger charge is -2.39. The smallest absolute Gasteiger partial charge is 0.226 e. The first-order chi connectivity index (χ1) is 17.6. The molecule has 0 spiro atoms. The molecule has 2 atom stereocenters. The maximum atomic E-state index is 6.66. The fourth-order valence-corrected chi connectivity index (χ4v) is 5.01. The van der Waals surface area contributed by atoms with Gasteiger partial charge >= 0.3 is 0 Å². The van der Waals surface area contributed by atoms with Crippen LogP contribution in [0.2, 0.25) is 5.02 Å². The number of rotatable bonds is 5. The van der Waals surface area contributed by atoms with Crippen LogP contribution in [0.3, 0.4) is 0 Å². The van der Waals surface area contributed by atoms with Crippen LogP contribution in [-0.4, -0.2) is 36.1 Å². The second-order valence-corrected chi connectivity index (χ2v) is 8.85. The van der Waals surface area contributed by atoms with E-state index < -0.39 is 6.10 Å². The van der Waals surface area contributed by atoms with Crippen LogP contribution in [0, 0.1) is 0 Å². The summed E-state index contributed by atoms with van der Waals surface area (Å²) in [4.78, 5) is 4.47. The highest BCUT2D eigenvalue weighted by molar-refractivity contribution is 6.30. The van der Waals surface area contributed by atoms with Crippen molar-refractivity contribution in [3.63, 3.8) is 0 Å². The third-order valence-electron chi connectivity index (χ3n) is 6.52. The second-order valence-electron chi connectivity index (χ2n) is 8.41. The summed E-state index contributed by atoms with van der Waals surface area (Å²) in [5.41, 5.74) is 4.64. The van der Waals surface area contributed by atoms with Crippen molar-refractivity contribution in [1.29, 1.82) is 0 Å². The van der Waals surface area contributed by atoms with E-state index in [2.05, 4.69) is 15.4 Å². The fourth-order valence-electron chi connectivity index (χ4n) is 4.84. The molecule has 6 rings (SSSR count). The Balaban J connectivity index is 1.60. The molecule has 1 N–H and O–H groups in total. The number of fused-ring (bicyclic) bond motifs is 3. The van der Waals surface area contributed by atoms with Crippen LogP contribution < -0.4 is 24.3 Å². The standard InChI is InChI=1S/C27H23ClN4O4/c1-33-18-8-4-15(5-9-18)25-23-24(31-27-29-14-30-32(25)27)19-13-17(28)7-11-20(19)36-26(23)16-6-10-21(34-2)22(12-16)35-3/h4-14,25-26H,1-3H3,(H,29,30,31)/t25-,26+/m1/s1. The summed E-state index contributed by atoms with van der Waals surface area (Å²) in [5, 5.41) is 8.66. The van der Waals surface area contributed by atoms with Gasteiger partial charge in [-0.1, -0.05) is 29.8 Å². The van der Waals surface area contributed by atoms with Crippen molar-refractivity contribution < 1.29 is 18.9 Å². The summed E-state index contributed by atoms with van der Waals surface area (Å²) < 4.78 is 25.0. The lowest BCUT2D eigenvalue weighted by molar-refractivity contribution is 0.222. The van der Waals surface area contributed by atoms with Gasteiger partial charge in [-0.05, 0) is 48.0 Å². The van der Waals surface area contributed by atoms with E-state index in [0.29, 0.717) is 28.2 Å². The van der Waals surface area contributed by atoms with Crippen LogP contribution in [0.4, 0.5) is 5.95 Å². The van der Waals surface area contributed by atoms with Crippen molar-refractivity contribution in [1.82, 2.24) is 14.8 Å². The molecule has 182 valence electrons. The molecule has 1 aromatic heterocycles. The van der Waals surface area contributed by atoms with Crippen LogP contribution in [0.15, 0.2) is 72.6 Å². The normalized spacial score (nSPS) is 17.8. The maximum Gasteiger partial charge on any atom is 0.226 e. The zero-order valence-electron chi connectivity index (χ0n) is 19.9. The van der Waals surface area contributed by atoms with Gasteiger partial charge < -0.3 is 24.3 Å². The number of nitrogens with one attached hydrogen (secondary N) is 1. The average Bonchev–Trinajstić information content (AvgIpc) is 3.39. The average molecular weight is 503 g/mol. The minimum absolute atomic E-state index is 0.296. The maximum absolute atomic E-state index is 6.66. The molecule has 9 heteroatoms. The molecule has 0 radical (unpaired) electrons. The van der Waals surface area contributed by atoms with E-state index in [1.807, 2.05) is 65.3 Å². The van der Waals surface area contributed by atoms with Crippen molar-refractivity contribution in [2.75, 3.05) is 26.6 Å². The molecule has 0 bridgehead atoms. The van der Waals surface area contributed by atoms with Crippen LogP contribution >= 0.6 is 11.6 Å². The lowest BCUT2D eigenvalue weighted by atomic mass is 9.84. The molecular formula is C27H23ClN4O4. The van der Waals surface area contributed by atoms with Gasteiger partial charge in [-0.25, -0.2) is 4.68 Å². The van der Waals surface area contributed by atoms with Crippen molar-refractivity contribution >= 4 is 23.2 Å². The van der Waals surface area contributed by atoms with Gasteiger partial charge in [-0.15, -0.1) is 0 Å². The molecule has 3 aromatic carbocycles. The Morgan fingerprint density at radius 2 is 1.67 bits per heavy atom. The first-order valence-electron chi connectivity index (χ1n) is 11.3. The molecular weight excluding hydrogens is 480 g/mol. The van der Waals surface area contributed by atoms with E-state index in [0.717, 1.165) is 33.7 Å². The van der Waals surface area contributed by atoms with E-state index in [1.54, 1.807) is 27.7 Å². The molecule has 8 nitrogen and oxygen atoms in total. The second kappa shape index (κ2) is 8.80. The van der Waals surface area contributed by atoms with Crippen LogP contribution in [0.1, 0.15) is 28.8 Å². The number of benzene rings is 3. The third kappa shape index (κ3) is 3.53. The Labute approximate surface area is 213 Å². The summed E-state index contributed by atoms with van der Waals surface area (Å²) in [6.07, 6.45) is 1.09. The highest BCUT2D eigenvalue weighted by atomic mass is 35.5. The summed E-state index contributed by atoms with van der Waals surface area (Å²) in [6.45, 7) is 0. The van der Waals surface area contributed by atoms with Gasteiger partial charge in [0.1, 0.15) is 30.0 Å². The Kier molecular flexibility index (Phi) is 5.45. The summed E-state index contributed by atoms with van der Waals surface area (Å²) >= 11 is 6.42. The fraction of sp³-hybridized carbons (Fsp3) is 0.185. The Hall–Kier alpha value is -4.17. The van der Waals surface area contributed by atoms with E-state index in [9.17, 15) is 0 Å². The molecule has 3 heterocycles. The predicted molar refractivity (Wildman–Crippen MR) is 136 cm³/mol. The van der Waals surface area contributed by atoms with Crippen molar-refractivity contribution in [2.45, 2.75) is 12.1 Å². The number of ether oxygens (including phenoxy) is 4. The monoisotopic (exact) mass is 502 g/mol. The molecule has 36 heavy (non-hydrogen) atoms. The topological polar surface area (TPSA) is 79.7 Å². The molecule has 0 fully saturated rings. The van der Waals surface area contributed by atoms with Gasteiger partial charge in [-0.3, -0.25) is 0 Å². The largest absolute Gasteiger partial charge is 0.497 e. The van der Waals surface area contributed by atoms with Crippen LogP contribution in [0.25, 0.3) is 5.70 Å². The van der Waals surface area contributed by atoms with Crippen LogP contribution in [0.5, 0.6) is 23.0 Å². The van der Waals surface area contributed by atoms with E-state index in [4.69, 9.17) is 30.5 Å². The summed E-state index contributed by atoms with van der Waals surface area (Å²) in [6, 6.07) is 19.1. The van der Waals surface area contributed by atoms with Crippen LogP contribution in [-0.2, 0) is 0 Å². The Morgan fingerprint density at radius 3 is 2.42 bits per heavy atom. The molecule has 0 amide bonds. The third-order valence-corrected chi connectivity index (χ3v) is 6.75. The van der Waals surface area contributed by atoms with Crippen molar-refractivity contribution in [3.05, 3.63) is 94.3 Å². The van der Waals surface area contributed by atoms with Gasteiger partial charge in [0.2, 0.25) is 5.95 Å². The SMILES string of the molecule is COc1ccc([C@@H]2C3=C(Nc4ncnn42)c2cc(Cl)ccc2O[C@H]3c2ccc(OC)c(OC)c2)cc1. The quantitative estimate of drug-likeness (QED) is 0.385. The zero-order chi connectivity index (χ0) is 24.8. The Bertz CT molecular complexity index is 1480. The lowest BCUT2D eigenvalue weighted by Crippen LogP contribution is -2.32. The van der Waals surface area contributed by atoms with E-state index in [-0.39, 0.29) is 6.04 Å². The van der Waals surface area contributed by atoms with E-state index in [1.165, 1.54) is 0 Å². The number of hydrogen-bond acceptors (Lipinski definition) is 7. The van der Waals surface area contributed by atoms with Gasteiger partial charge in [0.15, 0.2) is 11.5 Å². The summed E-state index contributed by atoms with van der Waals surface area (Å²) in [5.74, 6) is 3.38. The minimum atomic E-state index is -0.453. The molecule has 0 saturated heterocycles. The molecule has 0 saturated carbocycles. The van der Waals surface area contributed by atoms with Gasteiger partial charge in [-0.2, -0.15) is 10.1 Å². The molecule has 2 aliphatic rings. The number of halogens is 1. The minimum Gasteiger partial charge on any atom is -0.497 e. The molecule has 4 aromatic rings. The number of methoxy groups -OCH3 is 3. The van der Waals surface area contributed by atoms with Gasteiger partial charge in [0.25, 0.3) is 0 Å². The van der Waals surface area contributed by atoms with Crippen molar-refractivity contribution in [3.8, 4) is 23.0 Å². The number of anilines is 1. The van der Waals surface area contributed by atoms with E-state index >= 15 is 0 Å². The number of aromatic nitrogens is 3. The number of nitrogens with zero attached hydrogens (tertiary/aromatic N) is 3. The highest BCUT2D eigenvalue weighted by Crippen LogP contribution is 2.51. The molecule has 2 aliphatic heterocycles. The first kappa shape index (κ1) is 22.3. The van der Waals surface area contributed by atoms with Gasteiger partial charge in [0, 0.05) is 21.7 Å².